The molecule has 0 fully saturated rings. The lowest BCUT2D eigenvalue weighted by Crippen LogP contribution is -2.20. The van der Waals surface area contributed by atoms with Crippen LogP contribution in [0.5, 0.6) is 0 Å². The number of fused-ring (bicyclic) bond motifs is 1. The smallest absolute Gasteiger partial charge is 0.288 e. The van der Waals surface area contributed by atoms with E-state index in [4.69, 9.17) is 34.8 Å². The van der Waals surface area contributed by atoms with Gasteiger partial charge in [-0.25, -0.2) is 4.68 Å². The number of rotatable bonds is 5. The maximum absolute atomic E-state index is 12.8. The molecule has 36 heavy (non-hydrogen) atoms. The van der Waals surface area contributed by atoms with E-state index in [1.165, 1.54) is 12.1 Å². The molecule has 2 N–H and O–H groups in total. The van der Waals surface area contributed by atoms with E-state index in [1.807, 2.05) is 30.3 Å². The molecular formula is C24H15Cl3N6O3. The Bertz CT molecular complexity index is 1520. The summed E-state index contributed by atoms with van der Waals surface area (Å²) in [7, 11) is 0. The molecule has 0 bridgehead atoms. The molecule has 1 amide bonds. The standard InChI is InChI=1S/C24H15Cl3N6O3/c25-16-6-1-13(2-7-16)19-12-20(14-3-8-17(26)9-4-14)32-24(28-19)30-23(31-32)29-22(34)15-5-10-18(27)21(11-15)33(35)36/h1-12,20H,(H2,28,29,30,31,34). The number of carbonyl (C=O) groups is 1. The van der Waals surface area contributed by atoms with Crippen LogP contribution in [-0.4, -0.2) is 25.6 Å². The normalized spacial score (nSPS) is 14.4. The molecular weight excluding hydrogens is 527 g/mol. The second-order valence-corrected chi connectivity index (χ2v) is 9.07. The van der Waals surface area contributed by atoms with Gasteiger partial charge in [0.25, 0.3) is 17.5 Å². The number of hydrogen-bond donors (Lipinski definition) is 2. The minimum absolute atomic E-state index is 0.0184. The molecule has 4 aromatic rings. The quantitative estimate of drug-likeness (QED) is 0.221. The zero-order valence-electron chi connectivity index (χ0n) is 18.2. The summed E-state index contributed by atoms with van der Waals surface area (Å²) in [4.78, 5) is 27.7. The molecule has 5 rings (SSSR count). The SMILES string of the molecule is O=C(Nc1nc2n(n1)C(c1ccc(Cl)cc1)C=C(c1ccc(Cl)cc1)N2)c1ccc(Cl)c([N+](=O)[O-])c1. The number of nitro groups is 1. The van der Waals surface area contributed by atoms with E-state index >= 15 is 0 Å². The minimum Gasteiger partial charge on any atom is -0.324 e. The van der Waals surface area contributed by atoms with Gasteiger partial charge in [0.15, 0.2) is 0 Å². The van der Waals surface area contributed by atoms with Gasteiger partial charge in [-0.15, -0.1) is 5.10 Å². The lowest BCUT2D eigenvalue weighted by atomic mass is 10.0. The summed E-state index contributed by atoms with van der Waals surface area (Å²) in [6, 6.07) is 18.1. The molecule has 1 aliphatic rings. The van der Waals surface area contributed by atoms with Crippen molar-refractivity contribution in [2.45, 2.75) is 6.04 Å². The molecule has 0 spiro atoms. The van der Waals surface area contributed by atoms with Gasteiger partial charge in [0.05, 0.1) is 4.92 Å². The summed E-state index contributed by atoms with van der Waals surface area (Å²) >= 11 is 18.0. The number of nitrogens with one attached hydrogen (secondary N) is 2. The Kier molecular flexibility index (Phi) is 6.36. The first-order valence-corrected chi connectivity index (χ1v) is 11.6. The van der Waals surface area contributed by atoms with Crippen molar-refractivity contribution in [3.8, 4) is 0 Å². The summed E-state index contributed by atoms with van der Waals surface area (Å²) in [5.74, 6) is -0.212. The molecule has 12 heteroatoms. The molecule has 1 aliphatic heterocycles. The van der Waals surface area contributed by atoms with Crippen molar-refractivity contribution in [2.75, 3.05) is 10.6 Å². The molecule has 3 aromatic carbocycles. The van der Waals surface area contributed by atoms with Gasteiger partial charge < -0.3 is 5.32 Å². The Morgan fingerprint density at radius 2 is 1.67 bits per heavy atom. The molecule has 2 heterocycles. The number of nitrogens with zero attached hydrogens (tertiary/aromatic N) is 4. The maximum atomic E-state index is 12.8. The van der Waals surface area contributed by atoms with Crippen molar-refractivity contribution < 1.29 is 9.72 Å². The fourth-order valence-electron chi connectivity index (χ4n) is 3.71. The van der Waals surface area contributed by atoms with Crippen molar-refractivity contribution in [3.63, 3.8) is 0 Å². The lowest BCUT2D eigenvalue weighted by molar-refractivity contribution is -0.384. The summed E-state index contributed by atoms with van der Waals surface area (Å²) in [6.07, 6.45) is 1.97. The summed E-state index contributed by atoms with van der Waals surface area (Å²) in [5.41, 5.74) is 2.22. The van der Waals surface area contributed by atoms with E-state index in [1.54, 1.807) is 28.9 Å². The second kappa shape index (κ2) is 9.62. The molecule has 1 atom stereocenters. The molecule has 180 valence electrons. The summed E-state index contributed by atoms with van der Waals surface area (Å²) < 4.78 is 1.63. The molecule has 1 unspecified atom stereocenters. The highest BCUT2D eigenvalue weighted by Gasteiger charge is 2.26. The van der Waals surface area contributed by atoms with Gasteiger partial charge in [-0.3, -0.25) is 20.2 Å². The number of benzene rings is 3. The molecule has 1 aromatic heterocycles. The van der Waals surface area contributed by atoms with Crippen LogP contribution in [0.3, 0.4) is 0 Å². The Hall–Kier alpha value is -3.92. The van der Waals surface area contributed by atoms with Gasteiger partial charge in [-0.2, -0.15) is 4.98 Å². The number of nitro benzene ring substituents is 1. The first-order valence-electron chi connectivity index (χ1n) is 10.5. The van der Waals surface area contributed by atoms with Crippen LogP contribution in [-0.2, 0) is 0 Å². The number of halogens is 3. The van der Waals surface area contributed by atoms with Gasteiger partial charge in [-0.05, 0) is 53.6 Å². The number of anilines is 2. The first kappa shape index (κ1) is 23.8. The highest BCUT2D eigenvalue weighted by Crippen LogP contribution is 2.34. The number of carbonyl (C=O) groups excluding carboxylic acids is 1. The third-order valence-electron chi connectivity index (χ3n) is 5.46. The predicted molar refractivity (Wildman–Crippen MR) is 139 cm³/mol. The zero-order chi connectivity index (χ0) is 25.4. The van der Waals surface area contributed by atoms with Crippen LogP contribution < -0.4 is 10.6 Å². The van der Waals surface area contributed by atoms with Crippen LogP contribution in [0, 0.1) is 10.1 Å². The van der Waals surface area contributed by atoms with Gasteiger partial charge in [0.1, 0.15) is 11.1 Å². The second-order valence-electron chi connectivity index (χ2n) is 7.79. The fourth-order valence-corrected chi connectivity index (χ4v) is 4.15. The van der Waals surface area contributed by atoms with E-state index in [0.717, 1.165) is 22.9 Å². The Labute approximate surface area is 219 Å². The number of aromatic nitrogens is 3. The third-order valence-corrected chi connectivity index (χ3v) is 6.29. The Morgan fingerprint density at radius 3 is 2.33 bits per heavy atom. The first-order chi connectivity index (χ1) is 17.3. The minimum atomic E-state index is -0.655. The van der Waals surface area contributed by atoms with E-state index in [2.05, 4.69) is 20.7 Å². The van der Waals surface area contributed by atoms with Gasteiger partial charge in [0, 0.05) is 27.4 Å². The Balaban J connectivity index is 1.49. The maximum Gasteiger partial charge on any atom is 0.288 e. The van der Waals surface area contributed by atoms with E-state index < -0.39 is 10.8 Å². The van der Waals surface area contributed by atoms with Crippen LogP contribution in [0.25, 0.3) is 5.70 Å². The van der Waals surface area contributed by atoms with Gasteiger partial charge in [0.2, 0.25) is 5.95 Å². The predicted octanol–water partition coefficient (Wildman–Crippen LogP) is 6.45. The highest BCUT2D eigenvalue weighted by atomic mass is 35.5. The number of allylic oxidation sites excluding steroid dienone is 1. The third kappa shape index (κ3) is 4.76. The van der Waals surface area contributed by atoms with E-state index in [0.29, 0.717) is 16.0 Å². The largest absolute Gasteiger partial charge is 0.324 e. The topological polar surface area (TPSA) is 115 Å². The lowest BCUT2D eigenvalue weighted by Gasteiger charge is -2.24. The average molecular weight is 542 g/mol. The average Bonchev–Trinajstić information content (AvgIpc) is 3.26. The van der Waals surface area contributed by atoms with Crippen LogP contribution in [0.15, 0.2) is 72.8 Å². The van der Waals surface area contributed by atoms with Crippen molar-refractivity contribution in [2.24, 2.45) is 0 Å². The number of amides is 1. The number of hydrogen-bond acceptors (Lipinski definition) is 6. The van der Waals surface area contributed by atoms with E-state index in [-0.39, 0.29) is 28.3 Å². The molecule has 0 saturated heterocycles. The van der Waals surface area contributed by atoms with Crippen molar-refractivity contribution in [1.29, 1.82) is 0 Å². The van der Waals surface area contributed by atoms with Crippen LogP contribution in [0.1, 0.15) is 27.5 Å². The molecule has 0 radical (unpaired) electrons. The highest BCUT2D eigenvalue weighted by molar-refractivity contribution is 6.33. The molecule has 9 nitrogen and oxygen atoms in total. The zero-order valence-corrected chi connectivity index (χ0v) is 20.4. The fraction of sp³-hybridized carbons (Fsp3) is 0.0417. The van der Waals surface area contributed by atoms with Crippen LogP contribution >= 0.6 is 34.8 Å². The summed E-state index contributed by atoms with van der Waals surface area (Å²) in [6.45, 7) is 0. The van der Waals surface area contributed by atoms with Crippen molar-refractivity contribution in [3.05, 3.63) is 115 Å². The van der Waals surface area contributed by atoms with Crippen molar-refractivity contribution in [1.82, 2.24) is 14.8 Å². The molecule has 0 aliphatic carbocycles. The van der Waals surface area contributed by atoms with Crippen molar-refractivity contribution >= 4 is 64.0 Å². The Morgan fingerprint density at radius 1 is 1.00 bits per heavy atom. The molecule has 0 saturated carbocycles. The van der Waals surface area contributed by atoms with Gasteiger partial charge in [-0.1, -0.05) is 59.1 Å². The monoisotopic (exact) mass is 540 g/mol. The van der Waals surface area contributed by atoms with Crippen LogP contribution in [0.2, 0.25) is 15.1 Å². The van der Waals surface area contributed by atoms with Gasteiger partial charge >= 0.3 is 0 Å². The summed E-state index contributed by atoms with van der Waals surface area (Å²) in [5, 5.41) is 22.6. The van der Waals surface area contributed by atoms with Crippen LogP contribution in [0.4, 0.5) is 17.6 Å². The van der Waals surface area contributed by atoms with E-state index in [9.17, 15) is 14.9 Å².